The van der Waals surface area contributed by atoms with Crippen LogP contribution < -0.4 is 9.64 Å². The first-order chi connectivity index (χ1) is 8.81. The number of rotatable bonds is 3. The third-order valence-corrected chi connectivity index (χ3v) is 2.91. The van der Waals surface area contributed by atoms with Crippen LogP contribution >= 0.6 is 0 Å². The van der Waals surface area contributed by atoms with E-state index in [0.29, 0.717) is 12.5 Å². The molecule has 0 aromatic carbocycles. The Hall–Kier alpha value is -1.36. The minimum absolute atomic E-state index is 0.203. The van der Waals surface area contributed by atoms with Crippen LogP contribution in [0, 0.1) is 0 Å². The van der Waals surface area contributed by atoms with Gasteiger partial charge in [0.2, 0.25) is 5.88 Å². The van der Waals surface area contributed by atoms with Gasteiger partial charge in [-0.3, -0.25) is 4.98 Å². The zero-order valence-corrected chi connectivity index (χ0v) is 12.4. The second kappa shape index (κ2) is 4.96. The fraction of sp³-hybridized carbons (Fsp3) is 0.714. The summed E-state index contributed by atoms with van der Waals surface area (Å²) in [4.78, 5) is 10.9. The van der Waals surface area contributed by atoms with Crippen molar-refractivity contribution >= 4 is 5.82 Å². The van der Waals surface area contributed by atoms with E-state index in [1.54, 1.807) is 12.4 Å². The maximum Gasteiger partial charge on any atom is 0.234 e. The Morgan fingerprint density at radius 3 is 2.42 bits per heavy atom. The van der Waals surface area contributed by atoms with E-state index >= 15 is 0 Å². The quantitative estimate of drug-likeness (QED) is 0.839. The first-order valence-corrected chi connectivity index (χ1v) is 6.71. The van der Waals surface area contributed by atoms with Gasteiger partial charge in [0.25, 0.3) is 0 Å². The second-order valence-electron chi connectivity index (χ2n) is 6.13. The molecule has 0 amide bonds. The van der Waals surface area contributed by atoms with E-state index in [0.717, 1.165) is 18.9 Å². The van der Waals surface area contributed by atoms with E-state index in [1.807, 2.05) is 6.92 Å². The van der Waals surface area contributed by atoms with Crippen LogP contribution in [-0.4, -0.2) is 40.9 Å². The van der Waals surface area contributed by atoms with Crippen molar-refractivity contribution in [3.8, 4) is 5.88 Å². The van der Waals surface area contributed by atoms with Crippen molar-refractivity contribution in [2.75, 3.05) is 24.6 Å². The standard InChI is InChI=1S/C14H23N3O2/c1-6-18-12-8-15-7-11(16-12)17-9-13(2,3)19-14(4,5)10-17/h7-8H,6,9-10H2,1-5H3. The summed E-state index contributed by atoms with van der Waals surface area (Å²) in [6.45, 7) is 12.5. The molecular formula is C14H23N3O2. The third kappa shape index (κ3) is 3.56. The minimum Gasteiger partial charge on any atom is -0.477 e. The Kier molecular flexibility index (Phi) is 3.67. The lowest BCUT2D eigenvalue weighted by Gasteiger charge is -2.47. The van der Waals surface area contributed by atoms with Crippen molar-refractivity contribution in [3.63, 3.8) is 0 Å². The molecule has 2 rings (SSSR count). The van der Waals surface area contributed by atoms with E-state index in [2.05, 4.69) is 42.6 Å². The molecule has 1 fully saturated rings. The van der Waals surface area contributed by atoms with Gasteiger partial charge in [0.05, 0.1) is 30.2 Å². The lowest BCUT2D eigenvalue weighted by Crippen LogP contribution is -2.57. The predicted molar refractivity (Wildman–Crippen MR) is 74.7 cm³/mol. The van der Waals surface area contributed by atoms with Gasteiger partial charge < -0.3 is 14.4 Å². The summed E-state index contributed by atoms with van der Waals surface area (Å²) in [5.41, 5.74) is -0.407. The Morgan fingerprint density at radius 1 is 1.21 bits per heavy atom. The summed E-state index contributed by atoms with van der Waals surface area (Å²) in [5, 5.41) is 0. The van der Waals surface area contributed by atoms with E-state index in [4.69, 9.17) is 9.47 Å². The molecule has 0 saturated carbocycles. The summed E-state index contributed by atoms with van der Waals surface area (Å²) in [6, 6.07) is 0. The van der Waals surface area contributed by atoms with Crippen molar-refractivity contribution < 1.29 is 9.47 Å². The first-order valence-electron chi connectivity index (χ1n) is 6.71. The summed E-state index contributed by atoms with van der Waals surface area (Å²) >= 11 is 0. The molecule has 1 saturated heterocycles. The van der Waals surface area contributed by atoms with Gasteiger partial charge in [0.15, 0.2) is 5.82 Å². The van der Waals surface area contributed by atoms with Gasteiger partial charge in [-0.15, -0.1) is 0 Å². The first kappa shape index (κ1) is 14.1. The van der Waals surface area contributed by atoms with Crippen LogP contribution in [0.25, 0.3) is 0 Å². The predicted octanol–water partition coefficient (Wildman–Crippen LogP) is 2.27. The number of ether oxygens (including phenoxy) is 2. The van der Waals surface area contributed by atoms with Gasteiger partial charge in [-0.25, -0.2) is 0 Å². The maximum absolute atomic E-state index is 6.07. The number of aromatic nitrogens is 2. The third-order valence-electron chi connectivity index (χ3n) is 2.91. The fourth-order valence-electron chi connectivity index (χ4n) is 2.66. The summed E-state index contributed by atoms with van der Waals surface area (Å²) in [7, 11) is 0. The number of morpholine rings is 1. The number of nitrogens with zero attached hydrogens (tertiary/aromatic N) is 3. The Balaban J connectivity index is 2.23. The Bertz CT molecular complexity index is 430. The molecule has 0 N–H and O–H groups in total. The average Bonchev–Trinajstić information content (AvgIpc) is 2.25. The molecule has 5 nitrogen and oxygen atoms in total. The van der Waals surface area contributed by atoms with Crippen molar-refractivity contribution in [1.82, 2.24) is 9.97 Å². The van der Waals surface area contributed by atoms with Crippen molar-refractivity contribution in [1.29, 1.82) is 0 Å². The highest BCUT2D eigenvalue weighted by Gasteiger charge is 2.38. The molecular weight excluding hydrogens is 242 g/mol. The largest absolute Gasteiger partial charge is 0.477 e. The van der Waals surface area contributed by atoms with E-state index in [9.17, 15) is 0 Å². The molecule has 1 aliphatic rings. The van der Waals surface area contributed by atoms with E-state index < -0.39 is 0 Å². The molecule has 0 aliphatic carbocycles. The molecule has 1 aromatic heterocycles. The highest BCUT2D eigenvalue weighted by atomic mass is 16.5. The Morgan fingerprint density at radius 2 is 1.84 bits per heavy atom. The molecule has 0 bridgehead atoms. The Labute approximate surface area is 115 Å². The van der Waals surface area contributed by atoms with Gasteiger partial charge in [0.1, 0.15) is 0 Å². The number of anilines is 1. The van der Waals surface area contributed by atoms with Gasteiger partial charge in [-0.1, -0.05) is 0 Å². The number of hydrogen-bond acceptors (Lipinski definition) is 5. The molecule has 0 unspecified atom stereocenters. The van der Waals surface area contributed by atoms with Gasteiger partial charge in [-0.05, 0) is 34.6 Å². The molecule has 106 valence electrons. The zero-order chi connectivity index (χ0) is 14.1. The molecule has 1 aromatic rings. The van der Waals surface area contributed by atoms with Crippen LogP contribution in [0.15, 0.2) is 12.4 Å². The van der Waals surface area contributed by atoms with Crippen molar-refractivity contribution in [3.05, 3.63) is 12.4 Å². The molecule has 0 spiro atoms. The molecule has 1 aliphatic heterocycles. The van der Waals surface area contributed by atoms with Crippen LogP contribution in [0.4, 0.5) is 5.82 Å². The highest BCUT2D eigenvalue weighted by molar-refractivity contribution is 5.39. The second-order valence-corrected chi connectivity index (χ2v) is 6.13. The van der Waals surface area contributed by atoms with Gasteiger partial charge in [0, 0.05) is 13.1 Å². The summed E-state index contributed by atoms with van der Waals surface area (Å²) < 4.78 is 11.5. The topological polar surface area (TPSA) is 47.5 Å². The minimum atomic E-state index is -0.203. The normalized spacial score (nSPS) is 21.2. The smallest absolute Gasteiger partial charge is 0.234 e. The van der Waals surface area contributed by atoms with Gasteiger partial charge >= 0.3 is 0 Å². The van der Waals surface area contributed by atoms with E-state index in [1.165, 1.54) is 0 Å². The lowest BCUT2D eigenvalue weighted by molar-refractivity contribution is -0.133. The number of hydrogen-bond donors (Lipinski definition) is 0. The molecule has 0 radical (unpaired) electrons. The maximum atomic E-state index is 6.07. The van der Waals surface area contributed by atoms with Crippen LogP contribution in [0.3, 0.4) is 0 Å². The van der Waals surface area contributed by atoms with Gasteiger partial charge in [-0.2, -0.15) is 4.98 Å². The van der Waals surface area contributed by atoms with Crippen LogP contribution in [0.5, 0.6) is 5.88 Å². The monoisotopic (exact) mass is 265 g/mol. The molecule has 2 heterocycles. The van der Waals surface area contributed by atoms with Crippen molar-refractivity contribution in [2.45, 2.75) is 45.8 Å². The van der Waals surface area contributed by atoms with E-state index in [-0.39, 0.29) is 11.2 Å². The SMILES string of the molecule is CCOc1cncc(N2CC(C)(C)OC(C)(C)C2)n1. The average molecular weight is 265 g/mol. The van der Waals surface area contributed by atoms with Crippen molar-refractivity contribution in [2.24, 2.45) is 0 Å². The van der Waals surface area contributed by atoms with Crippen LogP contribution in [0.1, 0.15) is 34.6 Å². The lowest BCUT2D eigenvalue weighted by atomic mass is 9.99. The zero-order valence-electron chi connectivity index (χ0n) is 12.4. The van der Waals surface area contributed by atoms with Crippen LogP contribution in [0.2, 0.25) is 0 Å². The summed E-state index contributed by atoms with van der Waals surface area (Å²) in [5.74, 6) is 1.41. The molecule has 0 atom stereocenters. The molecule has 19 heavy (non-hydrogen) atoms. The fourth-order valence-corrected chi connectivity index (χ4v) is 2.66. The summed E-state index contributed by atoms with van der Waals surface area (Å²) in [6.07, 6.45) is 3.42. The molecule has 5 heteroatoms. The highest BCUT2D eigenvalue weighted by Crippen LogP contribution is 2.30. The van der Waals surface area contributed by atoms with Crippen LogP contribution in [-0.2, 0) is 4.74 Å².